The van der Waals surface area contributed by atoms with Crippen LogP contribution in [-0.4, -0.2) is 22.4 Å². The van der Waals surface area contributed by atoms with Gasteiger partial charge in [-0.05, 0) is 25.0 Å². The minimum atomic E-state index is -0.272. The number of carbonyl (C=O) groups is 1. The fraction of sp³-hybridized carbons (Fsp3) is 0.364. The molecule has 0 atom stereocenters. The van der Waals surface area contributed by atoms with E-state index >= 15 is 0 Å². The van der Waals surface area contributed by atoms with Gasteiger partial charge in [0.25, 0.3) is 0 Å². The summed E-state index contributed by atoms with van der Waals surface area (Å²) in [4.78, 5) is 15.0. The summed E-state index contributed by atoms with van der Waals surface area (Å²) in [7, 11) is 0. The molecule has 0 aromatic carbocycles. The number of nitrogens with zero attached hydrogens (tertiary/aromatic N) is 1. The van der Waals surface area contributed by atoms with E-state index in [4.69, 9.17) is 23.7 Å². The van der Waals surface area contributed by atoms with Gasteiger partial charge in [-0.3, -0.25) is 4.79 Å². The van der Waals surface area contributed by atoms with Crippen LogP contribution in [0.4, 0.5) is 5.82 Å². The molecule has 0 bridgehead atoms. The molecule has 0 unspecified atom stereocenters. The molecule has 0 saturated carbocycles. The van der Waals surface area contributed by atoms with Gasteiger partial charge in [-0.25, -0.2) is 4.98 Å². The van der Waals surface area contributed by atoms with Crippen LogP contribution >= 0.6 is 12.2 Å². The third-order valence-corrected chi connectivity index (χ3v) is 2.44. The van der Waals surface area contributed by atoms with E-state index in [9.17, 15) is 4.79 Å². The van der Waals surface area contributed by atoms with Crippen LogP contribution in [-0.2, 0) is 4.79 Å². The van der Waals surface area contributed by atoms with Crippen molar-refractivity contribution in [2.75, 3.05) is 11.9 Å². The Kier molecular flexibility index (Phi) is 5.35. The van der Waals surface area contributed by atoms with Gasteiger partial charge in [0.1, 0.15) is 10.8 Å². The van der Waals surface area contributed by atoms with Gasteiger partial charge in [-0.1, -0.05) is 12.2 Å². The van der Waals surface area contributed by atoms with Crippen molar-refractivity contribution in [1.82, 2.24) is 4.98 Å². The van der Waals surface area contributed by atoms with Gasteiger partial charge in [0.2, 0.25) is 5.91 Å². The maximum absolute atomic E-state index is 10.5. The van der Waals surface area contributed by atoms with E-state index in [1.807, 2.05) is 6.07 Å². The van der Waals surface area contributed by atoms with Crippen LogP contribution in [0, 0.1) is 0 Å². The van der Waals surface area contributed by atoms with Crippen molar-refractivity contribution in [1.29, 1.82) is 0 Å². The normalized spacial score (nSPS) is 9.88. The van der Waals surface area contributed by atoms with E-state index in [1.54, 1.807) is 12.3 Å². The van der Waals surface area contributed by atoms with E-state index in [0.29, 0.717) is 23.8 Å². The van der Waals surface area contributed by atoms with Gasteiger partial charge in [-0.15, -0.1) is 0 Å². The molecule has 0 spiro atoms. The number of thiocarbonyl (C=S) groups is 1. The summed E-state index contributed by atoms with van der Waals surface area (Å²) < 4.78 is 0. The van der Waals surface area contributed by atoms with Crippen molar-refractivity contribution >= 4 is 28.9 Å². The Morgan fingerprint density at radius 2 is 2.18 bits per heavy atom. The number of pyridine rings is 1. The number of anilines is 1. The average molecular weight is 252 g/mol. The third-order valence-electron chi connectivity index (χ3n) is 2.22. The second kappa shape index (κ2) is 6.80. The zero-order valence-corrected chi connectivity index (χ0v) is 10.3. The Morgan fingerprint density at radius 1 is 1.41 bits per heavy atom. The highest BCUT2D eigenvalue weighted by molar-refractivity contribution is 7.80. The van der Waals surface area contributed by atoms with Gasteiger partial charge in [-0.2, -0.15) is 0 Å². The predicted molar refractivity (Wildman–Crippen MR) is 71.7 cm³/mol. The Morgan fingerprint density at radius 3 is 2.82 bits per heavy atom. The van der Waals surface area contributed by atoms with Crippen LogP contribution in [0.1, 0.15) is 24.8 Å². The van der Waals surface area contributed by atoms with Crippen LogP contribution < -0.4 is 16.8 Å². The average Bonchev–Trinajstić information content (AvgIpc) is 2.28. The number of carbonyl (C=O) groups excluding carboxylic acids is 1. The summed E-state index contributed by atoms with van der Waals surface area (Å²) in [6.07, 6.45) is 3.69. The summed E-state index contributed by atoms with van der Waals surface area (Å²) in [6.45, 7) is 0.708. The first-order chi connectivity index (χ1) is 8.11. The molecule has 5 N–H and O–H groups in total. The maximum Gasteiger partial charge on any atom is 0.217 e. The quantitative estimate of drug-likeness (QED) is 0.492. The summed E-state index contributed by atoms with van der Waals surface area (Å²) in [5.41, 5.74) is 11.4. The second-order valence-corrected chi connectivity index (χ2v) is 4.05. The Labute approximate surface area is 106 Å². The van der Waals surface area contributed by atoms with Crippen molar-refractivity contribution in [3.8, 4) is 0 Å². The van der Waals surface area contributed by atoms with Crippen LogP contribution in [0.3, 0.4) is 0 Å². The minimum absolute atomic E-state index is 0.272. The number of hydrogen-bond acceptors (Lipinski definition) is 4. The molecule has 6 heteroatoms. The standard InChI is InChI=1S/C11H16N4OS/c12-9(16)5-1-2-6-14-11-8(10(13)17)4-3-7-15-11/h3-4,7H,1-2,5-6H2,(H2,12,16)(H2,13,17)(H,14,15). The molecule has 0 aliphatic rings. The summed E-state index contributed by atoms with van der Waals surface area (Å²) in [6, 6.07) is 3.60. The molecule has 1 rings (SSSR count). The summed E-state index contributed by atoms with van der Waals surface area (Å²) in [5.74, 6) is 0.408. The second-order valence-electron chi connectivity index (χ2n) is 3.61. The number of nitrogens with two attached hydrogens (primary N) is 2. The number of hydrogen-bond donors (Lipinski definition) is 3. The van der Waals surface area contributed by atoms with E-state index in [0.717, 1.165) is 18.4 Å². The van der Waals surface area contributed by atoms with E-state index in [1.165, 1.54) is 0 Å². The molecule has 0 aliphatic heterocycles. The smallest absolute Gasteiger partial charge is 0.217 e. The molecule has 0 fully saturated rings. The molecule has 5 nitrogen and oxygen atoms in total. The lowest BCUT2D eigenvalue weighted by Gasteiger charge is -2.09. The number of amides is 1. The number of aromatic nitrogens is 1. The molecule has 92 valence electrons. The Balaban J connectivity index is 2.41. The molecule has 1 aromatic heterocycles. The summed E-state index contributed by atoms with van der Waals surface area (Å²) >= 11 is 4.92. The first kappa shape index (κ1) is 13.4. The highest BCUT2D eigenvalue weighted by Crippen LogP contribution is 2.11. The lowest BCUT2D eigenvalue weighted by Crippen LogP contribution is -2.15. The third kappa shape index (κ3) is 4.78. The number of primary amides is 1. The van der Waals surface area contributed by atoms with Crippen molar-refractivity contribution in [2.24, 2.45) is 11.5 Å². The predicted octanol–water partition coefficient (Wildman–Crippen LogP) is 0.783. The van der Waals surface area contributed by atoms with E-state index < -0.39 is 0 Å². The lowest BCUT2D eigenvalue weighted by atomic mass is 10.2. The molecule has 1 amide bonds. The fourth-order valence-electron chi connectivity index (χ4n) is 1.38. The van der Waals surface area contributed by atoms with Gasteiger partial charge >= 0.3 is 0 Å². The SMILES string of the molecule is NC(=O)CCCCNc1ncccc1C(N)=S. The molecule has 0 radical (unpaired) electrons. The maximum atomic E-state index is 10.5. The zero-order valence-electron chi connectivity index (χ0n) is 9.48. The van der Waals surface area contributed by atoms with Crippen LogP contribution in [0.5, 0.6) is 0 Å². The highest BCUT2D eigenvalue weighted by atomic mass is 32.1. The van der Waals surface area contributed by atoms with Crippen LogP contribution in [0.15, 0.2) is 18.3 Å². The fourth-order valence-corrected chi connectivity index (χ4v) is 1.54. The van der Waals surface area contributed by atoms with E-state index in [2.05, 4.69) is 10.3 Å². The minimum Gasteiger partial charge on any atom is -0.389 e. The van der Waals surface area contributed by atoms with Gasteiger partial charge in [0, 0.05) is 19.2 Å². The number of rotatable bonds is 7. The molecule has 1 aromatic rings. The van der Waals surface area contributed by atoms with Crippen molar-refractivity contribution in [3.05, 3.63) is 23.9 Å². The molecular weight excluding hydrogens is 236 g/mol. The zero-order chi connectivity index (χ0) is 12.7. The number of nitrogens with one attached hydrogen (secondary N) is 1. The Bertz CT molecular complexity index is 408. The van der Waals surface area contributed by atoms with Gasteiger partial charge in [0.05, 0.1) is 5.56 Å². The van der Waals surface area contributed by atoms with E-state index in [-0.39, 0.29) is 5.91 Å². The molecule has 0 aliphatic carbocycles. The van der Waals surface area contributed by atoms with Crippen molar-refractivity contribution in [2.45, 2.75) is 19.3 Å². The topological polar surface area (TPSA) is 94.0 Å². The molecule has 17 heavy (non-hydrogen) atoms. The largest absolute Gasteiger partial charge is 0.389 e. The first-order valence-electron chi connectivity index (χ1n) is 5.38. The number of unbranched alkanes of at least 4 members (excludes halogenated alkanes) is 1. The van der Waals surface area contributed by atoms with Crippen LogP contribution in [0.25, 0.3) is 0 Å². The lowest BCUT2D eigenvalue weighted by molar-refractivity contribution is -0.118. The van der Waals surface area contributed by atoms with Gasteiger partial charge < -0.3 is 16.8 Å². The van der Waals surface area contributed by atoms with Crippen molar-refractivity contribution in [3.63, 3.8) is 0 Å². The van der Waals surface area contributed by atoms with Gasteiger partial charge in [0.15, 0.2) is 0 Å². The highest BCUT2D eigenvalue weighted by Gasteiger charge is 2.04. The summed E-state index contributed by atoms with van der Waals surface area (Å²) in [5, 5.41) is 3.14. The molecule has 0 saturated heterocycles. The monoisotopic (exact) mass is 252 g/mol. The Hall–Kier alpha value is -1.69. The first-order valence-corrected chi connectivity index (χ1v) is 5.79. The molecular formula is C11H16N4OS. The molecule has 1 heterocycles. The van der Waals surface area contributed by atoms with Crippen molar-refractivity contribution < 1.29 is 4.79 Å². The van der Waals surface area contributed by atoms with Crippen LogP contribution in [0.2, 0.25) is 0 Å².